The monoisotopic (exact) mass is 890 g/mol. The molecule has 326 valence electrons. The molecule has 1 saturated heterocycles. The summed E-state index contributed by atoms with van der Waals surface area (Å²) in [7, 11) is 5.18. The SMILES string of the molecule is COc1cc(-c2ncc3snc(OC(CO)Cc4ccccc4OCc4ccnc(-c5ccccc5OC)n4)c3c2-c2ccc(OCCN3CCN(C)CC3)c(Cl)c2C)ccc1F. The molecule has 63 heavy (non-hydrogen) atoms. The number of hydrogen-bond donors (Lipinski definition) is 1. The minimum atomic E-state index is -0.715. The molecule has 0 spiro atoms. The molecule has 4 heterocycles. The lowest BCUT2D eigenvalue weighted by molar-refractivity contribution is 0.113. The largest absolute Gasteiger partial charge is 0.496 e. The Labute approximate surface area is 375 Å². The van der Waals surface area contributed by atoms with Crippen molar-refractivity contribution in [2.45, 2.75) is 26.1 Å². The fraction of sp³-hybridized carbons (Fsp3) is 0.292. The van der Waals surface area contributed by atoms with E-state index in [-0.39, 0.29) is 19.0 Å². The number of halogens is 2. The molecular weight excluding hydrogens is 843 g/mol. The second-order valence-corrected chi connectivity index (χ2v) is 16.4. The van der Waals surface area contributed by atoms with Gasteiger partial charge in [0, 0.05) is 62.7 Å². The number of fused-ring (bicyclic) bond motifs is 1. The van der Waals surface area contributed by atoms with Crippen LogP contribution in [-0.2, 0) is 13.0 Å². The maximum atomic E-state index is 14.8. The number of aromatic nitrogens is 4. The number of ether oxygens (including phenoxy) is 5. The predicted molar refractivity (Wildman–Crippen MR) is 244 cm³/mol. The first-order valence-corrected chi connectivity index (χ1v) is 21.8. The van der Waals surface area contributed by atoms with Gasteiger partial charge in [-0.3, -0.25) is 9.88 Å². The highest BCUT2D eigenvalue weighted by Crippen LogP contribution is 2.46. The average Bonchev–Trinajstić information content (AvgIpc) is 3.73. The maximum Gasteiger partial charge on any atom is 0.234 e. The van der Waals surface area contributed by atoms with Gasteiger partial charge < -0.3 is 33.7 Å². The van der Waals surface area contributed by atoms with E-state index in [1.807, 2.05) is 73.7 Å². The number of pyridine rings is 1. The van der Waals surface area contributed by atoms with Crippen molar-refractivity contribution in [1.29, 1.82) is 0 Å². The van der Waals surface area contributed by atoms with Crippen LogP contribution in [0.5, 0.6) is 28.9 Å². The molecule has 0 radical (unpaired) electrons. The van der Waals surface area contributed by atoms with Crippen LogP contribution in [0.15, 0.2) is 97.3 Å². The molecule has 0 bridgehead atoms. The number of methoxy groups -OCH3 is 2. The summed E-state index contributed by atoms with van der Waals surface area (Å²) in [6, 6.07) is 25.5. The Bertz CT molecular complexity index is 2700. The van der Waals surface area contributed by atoms with Gasteiger partial charge in [-0.1, -0.05) is 48.0 Å². The van der Waals surface area contributed by atoms with Crippen LogP contribution >= 0.6 is 23.1 Å². The van der Waals surface area contributed by atoms with E-state index in [1.54, 1.807) is 31.6 Å². The Balaban J connectivity index is 1.08. The van der Waals surface area contributed by atoms with E-state index in [0.717, 1.165) is 59.7 Å². The van der Waals surface area contributed by atoms with Crippen LogP contribution in [0.25, 0.3) is 43.9 Å². The third-order valence-corrected chi connectivity index (χ3v) is 12.4. The highest BCUT2D eigenvalue weighted by Gasteiger charge is 2.26. The first-order valence-electron chi connectivity index (χ1n) is 20.6. The van der Waals surface area contributed by atoms with Gasteiger partial charge in [-0.2, -0.15) is 4.37 Å². The zero-order valence-corrected chi connectivity index (χ0v) is 37.1. The molecule has 0 saturated carbocycles. The second kappa shape index (κ2) is 20.1. The summed E-state index contributed by atoms with van der Waals surface area (Å²) in [4.78, 5) is 18.8. The molecule has 1 N–H and O–H groups in total. The third kappa shape index (κ3) is 9.85. The van der Waals surface area contributed by atoms with Gasteiger partial charge in [-0.05, 0) is 90.7 Å². The van der Waals surface area contributed by atoms with Crippen LogP contribution in [0.1, 0.15) is 16.8 Å². The van der Waals surface area contributed by atoms with Gasteiger partial charge in [0.2, 0.25) is 5.88 Å². The summed E-state index contributed by atoms with van der Waals surface area (Å²) in [5, 5.41) is 11.9. The number of benzene rings is 4. The van der Waals surface area contributed by atoms with Crippen LogP contribution < -0.4 is 23.7 Å². The van der Waals surface area contributed by atoms with Crippen LogP contribution in [0, 0.1) is 12.7 Å². The molecule has 1 fully saturated rings. The zero-order chi connectivity index (χ0) is 43.9. The summed E-state index contributed by atoms with van der Waals surface area (Å²) in [6.07, 6.45) is 3.01. The molecule has 1 atom stereocenters. The Morgan fingerprint density at radius 2 is 1.63 bits per heavy atom. The van der Waals surface area contributed by atoms with Gasteiger partial charge >= 0.3 is 0 Å². The molecule has 1 unspecified atom stereocenters. The molecule has 0 aliphatic carbocycles. The van der Waals surface area contributed by atoms with Gasteiger partial charge in [-0.15, -0.1) is 0 Å². The van der Waals surface area contributed by atoms with Gasteiger partial charge in [0.1, 0.15) is 36.6 Å². The van der Waals surface area contributed by atoms with Crippen LogP contribution in [0.2, 0.25) is 5.02 Å². The third-order valence-electron chi connectivity index (χ3n) is 11.1. The number of rotatable bonds is 17. The fourth-order valence-electron chi connectivity index (χ4n) is 7.63. The Morgan fingerprint density at radius 1 is 0.857 bits per heavy atom. The molecule has 12 nitrogen and oxygen atoms in total. The Morgan fingerprint density at radius 3 is 2.43 bits per heavy atom. The van der Waals surface area contributed by atoms with Crippen molar-refractivity contribution in [2.75, 3.05) is 67.2 Å². The van der Waals surface area contributed by atoms with Crippen molar-refractivity contribution in [1.82, 2.24) is 29.1 Å². The normalized spacial score (nSPS) is 13.8. The summed E-state index contributed by atoms with van der Waals surface area (Å²) in [5.74, 6) is 2.30. The minimum absolute atomic E-state index is 0.0805. The highest BCUT2D eigenvalue weighted by atomic mass is 35.5. The van der Waals surface area contributed by atoms with E-state index < -0.39 is 11.9 Å². The van der Waals surface area contributed by atoms with Gasteiger partial charge in [0.05, 0.1) is 52.9 Å². The second-order valence-electron chi connectivity index (χ2n) is 15.2. The average molecular weight is 891 g/mol. The number of likely N-dealkylation sites (N-methyl/N-ethyl adjacent to an activating group) is 1. The van der Waals surface area contributed by atoms with Crippen LogP contribution in [0.3, 0.4) is 0 Å². The predicted octanol–water partition coefficient (Wildman–Crippen LogP) is 8.79. The minimum Gasteiger partial charge on any atom is -0.496 e. The molecule has 4 aromatic carbocycles. The summed E-state index contributed by atoms with van der Waals surface area (Å²) >= 11 is 8.34. The van der Waals surface area contributed by atoms with E-state index in [2.05, 4.69) is 21.8 Å². The summed E-state index contributed by atoms with van der Waals surface area (Å²) in [5.41, 5.74) is 5.67. The van der Waals surface area contributed by atoms with Crippen LogP contribution in [0.4, 0.5) is 4.39 Å². The van der Waals surface area contributed by atoms with E-state index in [4.69, 9.17) is 49.6 Å². The van der Waals surface area contributed by atoms with Crippen molar-refractivity contribution in [3.8, 4) is 62.7 Å². The van der Waals surface area contributed by atoms with Crippen molar-refractivity contribution in [2.24, 2.45) is 0 Å². The molecule has 7 aromatic rings. The molecule has 0 amide bonds. The lowest BCUT2D eigenvalue weighted by atomic mass is 9.93. The van der Waals surface area contributed by atoms with Gasteiger partial charge in [0.25, 0.3) is 0 Å². The van der Waals surface area contributed by atoms with Crippen molar-refractivity contribution in [3.05, 3.63) is 125 Å². The Kier molecular flexibility index (Phi) is 13.9. The molecule has 1 aliphatic rings. The Hall–Kier alpha value is -5.90. The quantitative estimate of drug-likeness (QED) is 0.0940. The summed E-state index contributed by atoms with van der Waals surface area (Å²) < 4.78 is 50.4. The summed E-state index contributed by atoms with van der Waals surface area (Å²) in [6.45, 7) is 7.13. The maximum absolute atomic E-state index is 14.8. The van der Waals surface area contributed by atoms with Crippen molar-refractivity contribution in [3.63, 3.8) is 0 Å². The smallest absolute Gasteiger partial charge is 0.234 e. The van der Waals surface area contributed by atoms with E-state index in [9.17, 15) is 9.50 Å². The zero-order valence-electron chi connectivity index (χ0n) is 35.5. The van der Waals surface area contributed by atoms with Gasteiger partial charge in [-0.25, -0.2) is 14.4 Å². The number of aliphatic hydroxyl groups is 1. The van der Waals surface area contributed by atoms with Crippen molar-refractivity contribution >= 4 is 33.2 Å². The highest BCUT2D eigenvalue weighted by molar-refractivity contribution is 7.13. The first kappa shape index (κ1) is 43.7. The molecule has 1 aliphatic heterocycles. The van der Waals surface area contributed by atoms with Crippen molar-refractivity contribution < 1.29 is 33.2 Å². The molecule has 3 aromatic heterocycles. The van der Waals surface area contributed by atoms with E-state index in [0.29, 0.717) is 74.9 Å². The lowest BCUT2D eigenvalue weighted by Gasteiger charge is -2.32. The number of aliphatic hydroxyl groups excluding tert-OH is 1. The molecule has 15 heteroatoms. The first-order chi connectivity index (χ1) is 30.7. The van der Waals surface area contributed by atoms with Crippen LogP contribution in [-0.4, -0.2) is 108 Å². The number of hydrogen-bond acceptors (Lipinski definition) is 13. The molecule has 8 rings (SSSR count). The van der Waals surface area contributed by atoms with E-state index in [1.165, 1.54) is 24.7 Å². The lowest BCUT2D eigenvalue weighted by Crippen LogP contribution is -2.45. The number of para-hydroxylation sites is 2. The van der Waals surface area contributed by atoms with E-state index >= 15 is 0 Å². The number of piperazine rings is 1. The molecular formula is C48H48ClFN6O6S. The standard InChI is InChI=1S/C48H48ClFN6O6S/c1-30-35(14-16-40(45(30)49)60-24-23-56-21-19-55(2)20-22-56)43-44-42(27-52-46(43)32-13-15-37(50)41(26-32)59-4)63-54-48(44)62-34(28-57)25-31-9-5-7-11-38(31)61-29-33-17-18-51-47(53-33)36-10-6-8-12-39(36)58-3/h5-18,26-27,34,57H,19-25,28-29H2,1-4H3. The topological polar surface area (TPSA) is 124 Å². The number of nitrogens with zero attached hydrogens (tertiary/aromatic N) is 6. The fourth-order valence-corrected chi connectivity index (χ4v) is 8.54. The van der Waals surface area contributed by atoms with Gasteiger partial charge in [0.15, 0.2) is 17.4 Å².